The highest BCUT2D eigenvalue weighted by Crippen LogP contribution is 2.28. The molecule has 1 aromatic heterocycles. The zero-order valence-electron chi connectivity index (χ0n) is 17.5. The number of carbonyl (C=O) groups excluding carboxylic acids is 1. The average Bonchev–Trinajstić information content (AvgIpc) is 3.33. The van der Waals surface area contributed by atoms with Crippen LogP contribution in [0.3, 0.4) is 0 Å². The van der Waals surface area contributed by atoms with Crippen LogP contribution in [0.5, 0.6) is 5.75 Å². The third-order valence-electron chi connectivity index (χ3n) is 4.55. The lowest BCUT2D eigenvalue weighted by atomic mass is 10.2. The molecule has 0 saturated heterocycles. The number of unbranched alkanes of at least 4 members (excludes halogenated alkanes) is 3. The second kappa shape index (κ2) is 12.4. The molecule has 10 heteroatoms. The Balaban J connectivity index is 1.74. The van der Waals surface area contributed by atoms with E-state index < -0.39 is 11.0 Å². The zero-order valence-corrected chi connectivity index (χ0v) is 19.9. The highest BCUT2D eigenvalue weighted by Gasteiger charge is 2.15. The van der Waals surface area contributed by atoms with Crippen molar-refractivity contribution < 1.29 is 13.7 Å². The largest absolute Gasteiger partial charge is 0.492 e. The van der Waals surface area contributed by atoms with Gasteiger partial charge in [-0.2, -0.15) is 0 Å². The topological polar surface area (TPSA) is 122 Å². The number of nitrogens with two attached hydrogens (primary N) is 1. The molecule has 170 valence electrons. The maximum absolute atomic E-state index is 13.1. The molecule has 5 N–H and O–H groups in total. The maximum atomic E-state index is 13.1. The Kier molecular flexibility index (Phi) is 9.27. The molecule has 0 saturated carbocycles. The summed E-state index contributed by atoms with van der Waals surface area (Å²) in [5, 5.41) is 2.78. The Morgan fingerprint density at radius 2 is 1.84 bits per heavy atom. The number of nitrogens with one attached hydrogen (secondary N) is 3. The van der Waals surface area contributed by atoms with Crippen molar-refractivity contribution >= 4 is 44.2 Å². The molecular formula is C22H26BrN5O3S. The molecule has 0 aliphatic rings. The normalized spacial score (nSPS) is 11.7. The number of aromatic nitrogens is 2. The minimum atomic E-state index is -1.60. The molecule has 1 heterocycles. The predicted octanol–water partition coefficient (Wildman–Crippen LogP) is 4.46. The van der Waals surface area contributed by atoms with Crippen LogP contribution in [0.4, 0.5) is 11.4 Å². The number of halogens is 1. The number of hydrogen-bond acceptors (Lipinski definition) is 5. The van der Waals surface area contributed by atoms with Crippen molar-refractivity contribution in [3.63, 3.8) is 0 Å². The predicted molar refractivity (Wildman–Crippen MR) is 130 cm³/mol. The van der Waals surface area contributed by atoms with Crippen molar-refractivity contribution in [3.05, 3.63) is 65.2 Å². The van der Waals surface area contributed by atoms with E-state index in [1.807, 2.05) is 24.3 Å². The fraction of sp³-hybridized carbons (Fsp3) is 0.273. The van der Waals surface area contributed by atoms with Crippen LogP contribution in [0.1, 0.15) is 36.2 Å². The summed E-state index contributed by atoms with van der Waals surface area (Å²) in [4.78, 5) is 19.4. The Labute approximate surface area is 198 Å². The van der Waals surface area contributed by atoms with Gasteiger partial charge in [-0.05, 0) is 61.9 Å². The van der Waals surface area contributed by atoms with E-state index in [-0.39, 0.29) is 5.91 Å². The monoisotopic (exact) mass is 519 g/mol. The van der Waals surface area contributed by atoms with Gasteiger partial charge in [0.15, 0.2) is 11.0 Å². The molecule has 1 unspecified atom stereocenters. The Morgan fingerprint density at radius 3 is 2.56 bits per heavy atom. The molecule has 0 spiro atoms. The van der Waals surface area contributed by atoms with Crippen LogP contribution in [-0.2, 0) is 11.0 Å². The van der Waals surface area contributed by atoms with Gasteiger partial charge in [0.1, 0.15) is 16.3 Å². The fourth-order valence-electron chi connectivity index (χ4n) is 2.89. The fourth-order valence-corrected chi connectivity index (χ4v) is 4.16. The van der Waals surface area contributed by atoms with E-state index in [2.05, 4.69) is 35.9 Å². The van der Waals surface area contributed by atoms with E-state index in [1.54, 1.807) is 18.2 Å². The Morgan fingerprint density at radius 1 is 1.09 bits per heavy atom. The summed E-state index contributed by atoms with van der Waals surface area (Å²) in [6.45, 7) is 1.20. The van der Waals surface area contributed by atoms with Crippen LogP contribution in [0.2, 0.25) is 0 Å². The number of amides is 1. The zero-order chi connectivity index (χ0) is 22.8. The first-order chi connectivity index (χ1) is 15.6. The van der Waals surface area contributed by atoms with Gasteiger partial charge in [-0.25, -0.2) is 9.19 Å². The molecule has 2 aromatic carbocycles. The van der Waals surface area contributed by atoms with Gasteiger partial charge in [0, 0.05) is 15.8 Å². The molecule has 1 amide bonds. The lowest BCUT2D eigenvalue weighted by Gasteiger charge is -2.14. The van der Waals surface area contributed by atoms with E-state index in [1.165, 1.54) is 12.5 Å². The highest BCUT2D eigenvalue weighted by molar-refractivity contribution is 9.10. The maximum Gasteiger partial charge on any atom is 0.273 e. The number of ether oxygens (including phenoxy) is 1. The molecule has 3 aromatic rings. The van der Waals surface area contributed by atoms with Gasteiger partial charge in [-0.1, -0.05) is 28.8 Å². The van der Waals surface area contributed by atoms with Crippen molar-refractivity contribution in [2.75, 3.05) is 23.2 Å². The van der Waals surface area contributed by atoms with Crippen molar-refractivity contribution in [3.8, 4) is 5.75 Å². The number of benzene rings is 2. The first kappa shape index (κ1) is 24.0. The van der Waals surface area contributed by atoms with Crippen LogP contribution >= 0.6 is 15.9 Å². The van der Waals surface area contributed by atoms with Crippen LogP contribution in [-0.4, -0.2) is 33.2 Å². The summed E-state index contributed by atoms with van der Waals surface area (Å²) in [7, 11) is -1.60. The smallest absolute Gasteiger partial charge is 0.273 e. The summed E-state index contributed by atoms with van der Waals surface area (Å²) in [5.41, 5.74) is 7.06. The molecule has 8 nitrogen and oxygen atoms in total. The van der Waals surface area contributed by atoms with E-state index in [4.69, 9.17) is 10.5 Å². The van der Waals surface area contributed by atoms with Gasteiger partial charge in [0.25, 0.3) is 5.91 Å². The molecular weight excluding hydrogens is 494 g/mol. The minimum Gasteiger partial charge on any atom is -0.492 e. The second-order valence-electron chi connectivity index (χ2n) is 7.01. The lowest BCUT2D eigenvalue weighted by Crippen LogP contribution is -2.13. The number of aromatic amines is 1. The quantitative estimate of drug-likeness (QED) is 0.263. The molecule has 32 heavy (non-hydrogen) atoms. The number of anilines is 2. The molecule has 0 bridgehead atoms. The van der Waals surface area contributed by atoms with Crippen molar-refractivity contribution in [1.82, 2.24) is 9.97 Å². The van der Waals surface area contributed by atoms with Gasteiger partial charge in [-0.15, -0.1) is 0 Å². The van der Waals surface area contributed by atoms with Crippen molar-refractivity contribution in [2.24, 2.45) is 5.73 Å². The number of imidazole rings is 1. The average molecular weight is 520 g/mol. The van der Waals surface area contributed by atoms with E-state index in [0.717, 1.165) is 30.2 Å². The summed E-state index contributed by atoms with van der Waals surface area (Å²) in [6, 6.07) is 12.5. The Bertz CT molecular complexity index is 1030. The summed E-state index contributed by atoms with van der Waals surface area (Å²) in [5.74, 6) is 0.167. The molecule has 0 aliphatic heterocycles. The third-order valence-corrected chi connectivity index (χ3v) is 6.22. The third kappa shape index (κ3) is 7.18. The molecule has 0 fully saturated rings. The lowest BCUT2D eigenvalue weighted by molar-refractivity contribution is 0.102. The number of hydrogen-bond donors (Lipinski definition) is 4. The SMILES string of the molecule is NCCCCCCOc1ccc(NC(=O)c2cnc[nH]2)cc1S(=O)Nc1ccc(Br)cc1. The summed E-state index contributed by atoms with van der Waals surface area (Å²) in [6.07, 6.45) is 6.82. The highest BCUT2D eigenvalue weighted by atomic mass is 79.9. The van der Waals surface area contributed by atoms with E-state index >= 15 is 0 Å². The van der Waals surface area contributed by atoms with Crippen LogP contribution in [0, 0.1) is 0 Å². The molecule has 1 atom stereocenters. The number of H-pyrrole nitrogens is 1. The van der Waals surface area contributed by atoms with Gasteiger partial charge in [0.05, 0.1) is 19.1 Å². The van der Waals surface area contributed by atoms with Gasteiger partial charge < -0.3 is 25.5 Å². The standard InChI is InChI=1S/C22H26BrN5O3S/c23-16-5-7-17(8-6-16)28-32(30)21-13-18(27-22(29)19-14-25-15-26-19)9-10-20(21)31-12-4-2-1-3-11-24/h5-10,13-15,28H,1-4,11-12,24H2,(H,25,26)(H,27,29). The minimum absolute atomic E-state index is 0.332. The Hall–Kier alpha value is -2.69. The summed E-state index contributed by atoms with van der Waals surface area (Å²) < 4.78 is 23.0. The number of nitrogens with zero attached hydrogens (tertiary/aromatic N) is 1. The van der Waals surface area contributed by atoms with Crippen molar-refractivity contribution in [2.45, 2.75) is 30.6 Å². The van der Waals surface area contributed by atoms with Crippen molar-refractivity contribution in [1.29, 1.82) is 0 Å². The van der Waals surface area contributed by atoms with E-state index in [0.29, 0.717) is 40.9 Å². The molecule has 0 radical (unpaired) electrons. The van der Waals surface area contributed by atoms with Gasteiger partial charge >= 0.3 is 0 Å². The number of carbonyl (C=O) groups is 1. The number of rotatable bonds is 12. The van der Waals surface area contributed by atoms with Gasteiger partial charge in [0.2, 0.25) is 0 Å². The summed E-state index contributed by atoms with van der Waals surface area (Å²) >= 11 is 3.39. The first-order valence-corrected chi connectivity index (χ1v) is 12.2. The van der Waals surface area contributed by atoms with Crippen LogP contribution in [0.15, 0.2) is 64.4 Å². The second-order valence-corrected chi connectivity index (χ2v) is 9.11. The van der Waals surface area contributed by atoms with E-state index in [9.17, 15) is 9.00 Å². The molecule has 3 rings (SSSR count). The molecule has 0 aliphatic carbocycles. The van der Waals surface area contributed by atoms with Crippen LogP contribution in [0.25, 0.3) is 0 Å². The van der Waals surface area contributed by atoms with Gasteiger partial charge in [-0.3, -0.25) is 4.79 Å². The first-order valence-electron chi connectivity index (χ1n) is 10.3. The van der Waals surface area contributed by atoms with Crippen LogP contribution < -0.4 is 20.5 Å².